The second kappa shape index (κ2) is 5.52. The predicted molar refractivity (Wildman–Crippen MR) is 110 cm³/mol. The summed E-state index contributed by atoms with van der Waals surface area (Å²) in [5.74, 6) is 0. The molecule has 0 bridgehead atoms. The molecule has 0 radical (unpaired) electrons. The fraction of sp³-hybridized carbons (Fsp3) is 0.174. The van der Waals surface area contributed by atoms with Crippen molar-refractivity contribution in [3.8, 4) is 6.07 Å². The van der Waals surface area contributed by atoms with Crippen molar-refractivity contribution in [2.45, 2.75) is 20.0 Å². The number of anilines is 3. The minimum atomic E-state index is 0.0759. The van der Waals surface area contributed by atoms with Gasteiger partial charge >= 0.3 is 0 Å². The van der Waals surface area contributed by atoms with E-state index in [9.17, 15) is 5.26 Å². The van der Waals surface area contributed by atoms with E-state index in [1.165, 1.54) is 0 Å². The largest absolute Gasteiger partial charge is 0.454 e. The number of fused-ring (bicyclic) bond motifs is 4. The number of hydrogen-bond acceptors (Lipinski definition) is 4. The molecule has 0 spiro atoms. The average Bonchev–Trinajstić information content (AvgIpc) is 3.18. The number of nitriles is 1. The Hall–Kier alpha value is -3.45. The summed E-state index contributed by atoms with van der Waals surface area (Å²) < 4.78 is 6.31. The van der Waals surface area contributed by atoms with Gasteiger partial charge in [-0.1, -0.05) is 36.4 Å². The number of rotatable bonds is 1. The normalized spacial score (nSPS) is 16.1. The molecule has 27 heavy (non-hydrogen) atoms. The fourth-order valence-electron chi connectivity index (χ4n) is 4.23. The van der Waals surface area contributed by atoms with Gasteiger partial charge in [0.2, 0.25) is 0 Å². The Bertz CT molecular complexity index is 1250. The minimum Gasteiger partial charge on any atom is -0.454 e. The van der Waals surface area contributed by atoms with Gasteiger partial charge in [-0.15, -0.1) is 0 Å². The number of aryl methyl sites for hydroxylation is 1. The summed E-state index contributed by atoms with van der Waals surface area (Å²) in [6, 6.07) is 20.7. The maximum Gasteiger partial charge on any atom is 0.159 e. The van der Waals surface area contributed by atoms with Gasteiger partial charge in [0, 0.05) is 17.8 Å². The van der Waals surface area contributed by atoms with Crippen LogP contribution in [0.25, 0.3) is 21.9 Å². The number of para-hydroxylation sites is 2. The van der Waals surface area contributed by atoms with Gasteiger partial charge in [0.05, 0.1) is 22.6 Å². The van der Waals surface area contributed by atoms with Gasteiger partial charge in [-0.05, 0) is 37.6 Å². The molecule has 1 aliphatic heterocycles. The molecule has 0 unspecified atom stereocenters. The molecule has 4 heteroatoms. The van der Waals surface area contributed by atoms with E-state index < -0.39 is 0 Å². The van der Waals surface area contributed by atoms with Crippen LogP contribution in [0.1, 0.15) is 18.1 Å². The summed E-state index contributed by atoms with van der Waals surface area (Å²) in [6.07, 6.45) is 0.0759. The summed E-state index contributed by atoms with van der Waals surface area (Å²) in [7, 11) is 2.04. The van der Waals surface area contributed by atoms with E-state index in [1.807, 2.05) is 37.4 Å². The Labute approximate surface area is 157 Å². The Morgan fingerprint density at radius 2 is 1.78 bits per heavy atom. The van der Waals surface area contributed by atoms with E-state index in [2.05, 4.69) is 54.0 Å². The molecule has 5 rings (SSSR count). The molecule has 1 atom stereocenters. The summed E-state index contributed by atoms with van der Waals surface area (Å²) in [6.45, 7) is 4.27. The second-order valence-electron chi connectivity index (χ2n) is 7.10. The molecule has 0 N–H and O–H groups in total. The average molecular weight is 353 g/mol. The minimum absolute atomic E-state index is 0.0759. The molecule has 0 fully saturated rings. The molecule has 1 aromatic heterocycles. The van der Waals surface area contributed by atoms with E-state index in [1.54, 1.807) is 0 Å². The summed E-state index contributed by atoms with van der Waals surface area (Å²) >= 11 is 0. The highest BCUT2D eigenvalue weighted by atomic mass is 16.3. The van der Waals surface area contributed by atoms with Crippen LogP contribution in [0.2, 0.25) is 0 Å². The van der Waals surface area contributed by atoms with Gasteiger partial charge in [0.1, 0.15) is 17.8 Å². The van der Waals surface area contributed by atoms with Crippen LogP contribution < -0.4 is 9.80 Å². The number of furan rings is 1. The van der Waals surface area contributed by atoms with Gasteiger partial charge in [-0.3, -0.25) is 0 Å². The van der Waals surface area contributed by atoms with Gasteiger partial charge in [0.25, 0.3) is 0 Å². The Morgan fingerprint density at radius 1 is 0.963 bits per heavy atom. The van der Waals surface area contributed by atoms with E-state index in [0.717, 1.165) is 44.6 Å². The molecule has 0 saturated carbocycles. The maximum absolute atomic E-state index is 9.57. The van der Waals surface area contributed by atoms with Crippen LogP contribution >= 0.6 is 0 Å². The van der Waals surface area contributed by atoms with Crippen molar-refractivity contribution in [2.75, 3.05) is 16.8 Å². The van der Waals surface area contributed by atoms with Crippen molar-refractivity contribution < 1.29 is 4.42 Å². The van der Waals surface area contributed by atoms with Gasteiger partial charge in [0.15, 0.2) is 5.58 Å². The van der Waals surface area contributed by atoms with Gasteiger partial charge in [-0.2, -0.15) is 5.26 Å². The molecular formula is C23H19N3O. The van der Waals surface area contributed by atoms with Gasteiger partial charge in [-0.25, -0.2) is 0 Å². The first-order chi connectivity index (χ1) is 13.1. The van der Waals surface area contributed by atoms with Crippen LogP contribution in [0.15, 0.2) is 59.0 Å². The van der Waals surface area contributed by atoms with Crippen molar-refractivity contribution in [1.82, 2.24) is 0 Å². The van der Waals surface area contributed by atoms with E-state index in [4.69, 9.17) is 4.42 Å². The monoisotopic (exact) mass is 353 g/mol. The molecule has 3 aromatic carbocycles. The third-order valence-electron chi connectivity index (χ3n) is 5.64. The quantitative estimate of drug-likeness (QED) is 0.440. The second-order valence-corrected chi connectivity index (χ2v) is 7.10. The first-order valence-electron chi connectivity index (χ1n) is 9.08. The zero-order valence-corrected chi connectivity index (χ0v) is 15.5. The van der Waals surface area contributed by atoms with Crippen LogP contribution in [-0.2, 0) is 0 Å². The Balaban J connectivity index is 1.85. The van der Waals surface area contributed by atoms with Gasteiger partial charge < -0.3 is 14.2 Å². The Morgan fingerprint density at radius 3 is 2.59 bits per heavy atom. The number of benzene rings is 3. The Kier molecular flexibility index (Phi) is 3.23. The summed E-state index contributed by atoms with van der Waals surface area (Å²) in [4.78, 5) is 4.45. The molecule has 132 valence electrons. The fourth-order valence-corrected chi connectivity index (χ4v) is 4.23. The zero-order chi connectivity index (χ0) is 18.7. The zero-order valence-electron chi connectivity index (χ0n) is 15.5. The maximum atomic E-state index is 9.57. The number of nitrogens with zero attached hydrogens (tertiary/aromatic N) is 3. The highest BCUT2D eigenvalue weighted by Crippen LogP contribution is 2.49. The van der Waals surface area contributed by atoms with Crippen molar-refractivity contribution >= 4 is 39.0 Å². The lowest BCUT2D eigenvalue weighted by molar-refractivity contribution is 0.661. The molecular weight excluding hydrogens is 334 g/mol. The van der Waals surface area contributed by atoms with E-state index in [0.29, 0.717) is 5.56 Å². The standard InChI is InChI=1S/C23H19N3O/c1-14-11-12-18-17-8-4-5-10-20(17)27-23(18)21(14)26-15(2)25(3)22-16(13-24)7-6-9-19(22)26/h4-12,15H,1-3H3/t15-/m0/s1. The van der Waals surface area contributed by atoms with Crippen LogP contribution in [-0.4, -0.2) is 13.2 Å². The highest BCUT2D eigenvalue weighted by Gasteiger charge is 2.35. The van der Waals surface area contributed by atoms with E-state index >= 15 is 0 Å². The van der Waals surface area contributed by atoms with Crippen molar-refractivity contribution in [1.29, 1.82) is 5.26 Å². The molecule has 1 aliphatic rings. The van der Waals surface area contributed by atoms with Crippen LogP contribution in [0, 0.1) is 18.3 Å². The van der Waals surface area contributed by atoms with Crippen LogP contribution in [0.5, 0.6) is 0 Å². The lowest BCUT2D eigenvalue weighted by Crippen LogP contribution is -2.36. The molecule has 2 heterocycles. The van der Waals surface area contributed by atoms with Crippen molar-refractivity contribution in [3.63, 3.8) is 0 Å². The summed E-state index contributed by atoms with van der Waals surface area (Å²) in [5, 5.41) is 11.8. The predicted octanol–water partition coefficient (Wildman–Crippen LogP) is 5.70. The molecule has 4 aromatic rings. The number of hydrogen-bond donors (Lipinski definition) is 0. The van der Waals surface area contributed by atoms with Crippen LogP contribution in [0.3, 0.4) is 0 Å². The molecule has 0 saturated heterocycles. The van der Waals surface area contributed by atoms with Crippen molar-refractivity contribution in [2.24, 2.45) is 0 Å². The van der Waals surface area contributed by atoms with Crippen LogP contribution in [0.4, 0.5) is 17.1 Å². The molecule has 0 aliphatic carbocycles. The SMILES string of the molecule is Cc1ccc2c(oc3ccccc32)c1N1c2cccc(C#N)c2N(C)[C@@H]1C. The lowest BCUT2D eigenvalue weighted by atomic mass is 10.1. The highest BCUT2D eigenvalue weighted by molar-refractivity contribution is 6.10. The third kappa shape index (κ3) is 2.03. The lowest BCUT2D eigenvalue weighted by Gasteiger charge is -2.29. The first-order valence-corrected chi connectivity index (χ1v) is 9.08. The first kappa shape index (κ1) is 15.8. The van der Waals surface area contributed by atoms with Crippen molar-refractivity contribution in [3.05, 3.63) is 65.7 Å². The smallest absolute Gasteiger partial charge is 0.159 e. The summed E-state index contributed by atoms with van der Waals surface area (Å²) in [5.41, 5.74) is 6.71. The molecule has 4 nitrogen and oxygen atoms in total. The molecule has 0 amide bonds. The van der Waals surface area contributed by atoms with E-state index in [-0.39, 0.29) is 6.17 Å². The topological polar surface area (TPSA) is 43.4 Å². The third-order valence-corrected chi connectivity index (χ3v) is 5.64.